The van der Waals surface area contributed by atoms with E-state index in [1.54, 1.807) is 38.3 Å². The van der Waals surface area contributed by atoms with E-state index in [0.29, 0.717) is 5.75 Å². The molecular formula is C26H33N3O6S. The van der Waals surface area contributed by atoms with Gasteiger partial charge in [0.2, 0.25) is 11.8 Å². The van der Waals surface area contributed by atoms with Crippen LogP contribution in [0.5, 0.6) is 5.75 Å². The van der Waals surface area contributed by atoms with Gasteiger partial charge in [-0.2, -0.15) is 0 Å². The number of methoxy groups -OCH3 is 1. The summed E-state index contributed by atoms with van der Waals surface area (Å²) < 4.78 is 31.6. The van der Waals surface area contributed by atoms with Crippen LogP contribution in [0.1, 0.15) is 56.0 Å². The van der Waals surface area contributed by atoms with E-state index in [9.17, 15) is 22.8 Å². The molecule has 0 radical (unpaired) electrons. The van der Waals surface area contributed by atoms with Crippen LogP contribution in [0.3, 0.4) is 0 Å². The molecule has 2 aromatic carbocycles. The number of carbonyl (C=O) groups excluding carboxylic acids is 3. The molecule has 0 saturated carbocycles. The maximum absolute atomic E-state index is 13.3. The molecule has 10 heteroatoms. The fourth-order valence-electron chi connectivity index (χ4n) is 3.95. The van der Waals surface area contributed by atoms with Crippen LogP contribution >= 0.6 is 0 Å². The first-order chi connectivity index (χ1) is 17.1. The van der Waals surface area contributed by atoms with Crippen LogP contribution in [0.15, 0.2) is 53.4 Å². The molecule has 0 fully saturated rings. The number of hydrogen-bond donors (Lipinski definition) is 1. The van der Waals surface area contributed by atoms with Crippen molar-refractivity contribution in [2.24, 2.45) is 0 Å². The quantitative estimate of drug-likeness (QED) is 0.492. The van der Waals surface area contributed by atoms with Crippen molar-refractivity contribution in [1.82, 2.24) is 14.5 Å². The number of nitrogens with zero attached hydrogens (tertiary/aromatic N) is 2. The average Bonchev–Trinajstić information content (AvgIpc) is 3.07. The lowest BCUT2D eigenvalue weighted by molar-refractivity contribution is -0.141. The number of amides is 3. The van der Waals surface area contributed by atoms with E-state index in [1.165, 1.54) is 17.0 Å². The van der Waals surface area contributed by atoms with Gasteiger partial charge in [-0.05, 0) is 56.5 Å². The third kappa shape index (κ3) is 5.87. The van der Waals surface area contributed by atoms with Crippen LogP contribution in [-0.4, -0.2) is 61.1 Å². The van der Waals surface area contributed by atoms with E-state index in [2.05, 4.69) is 5.32 Å². The maximum atomic E-state index is 13.3. The third-order valence-electron chi connectivity index (χ3n) is 6.34. The molecule has 3 amide bonds. The molecule has 36 heavy (non-hydrogen) atoms. The predicted molar refractivity (Wildman–Crippen MR) is 135 cm³/mol. The first-order valence-corrected chi connectivity index (χ1v) is 13.4. The zero-order valence-corrected chi connectivity index (χ0v) is 21.9. The first kappa shape index (κ1) is 27.2. The number of ether oxygens (including phenoxy) is 1. The highest BCUT2D eigenvalue weighted by atomic mass is 32.2. The minimum absolute atomic E-state index is 0.0159. The summed E-state index contributed by atoms with van der Waals surface area (Å²) in [4.78, 5) is 40.2. The monoisotopic (exact) mass is 515 g/mol. The molecule has 3 rings (SSSR count). The van der Waals surface area contributed by atoms with E-state index >= 15 is 0 Å². The number of carbonyl (C=O) groups is 3. The fraction of sp³-hybridized carbons (Fsp3) is 0.423. The molecule has 0 bridgehead atoms. The topological polar surface area (TPSA) is 113 Å². The van der Waals surface area contributed by atoms with Crippen LogP contribution in [-0.2, 0) is 26.2 Å². The largest absolute Gasteiger partial charge is 0.497 e. The number of benzene rings is 2. The van der Waals surface area contributed by atoms with Crippen LogP contribution < -0.4 is 10.1 Å². The summed E-state index contributed by atoms with van der Waals surface area (Å²) >= 11 is 0. The Labute approximate surface area is 212 Å². The van der Waals surface area contributed by atoms with Crippen molar-refractivity contribution >= 4 is 27.7 Å². The molecule has 1 heterocycles. The Balaban J connectivity index is 1.71. The third-order valence-corrected chi connectivity index (χ3v) is 8.18. The lowest BCUT2D eigenvalue weighted by atomic mass is 10.1. The fourth-order valence-corrected chi connectivity index (χ4v) is 5.55. The van der Waals surface area contributed by atoms with E-state index in [-0.39, 0.29) is 54.2 Å². The van der Waals surface area contributed by atoms with E-state index in [0.717, 1.165) is 16.3 Å². The van der Waals surface area contributed by atoms with Crippen molar-refractivity contribution < 1.29 is 27.5 Å². The standard InChI is InChI=1S/C26H33N3O6S/c1-5-18(2)27-25(31)19(3)28(17-20-12-14-21(35-4)15-13-20)24(30)11-8-16-29-26(32)22-9-6-7-10-23(22)36(29,33)34/h6-7,9-10,12-15,18-19H,5,8,11,16-17H2,1-4H3,(H,27,31)/t18-,19-/m0/s1. The maximum Gasteiger partial charge on any atom is 0.269 e. The SMILES string of the molecule is CC[C@H](C)NC(=O)[C@H](C)N(Cc1ccc(OC)cc1)C(=O)CCCN1C(=O)c2ccccc2S1(=O)=O. The van der Waals surface area contributed by atoms with Crippen molar-refractivity contribution in [3.05, 3.63) is 59.7 Å². The minimum Gasteiger partial charge on any atom is -0.497 e. The first-order valence-electron chi connectivity index (χ1n) is 12.0. The predicted octanol–water partition coefficient (Wildman–Crippen LogP) is 2.95. The highest BCUT2D eigenvalue weighted by molar-refractivity contribution is 7.90. The van der Waals surface area contributed by atoms with E-state index in [1.807, 2.05) is 26.0 Å². The Morgan fingerprint density at radius 2 is 1.75 bits per heavy atom. The average molecular weight is 516 g/mol. The number of hydrogen-bond acceptors (Lipinski definition) is 6. The Bertz CT molecular complexity index is 1210. The minimum atomic E-state index is -3.93. The smallest absolute Gasteiger partial charge is 0.269 e. The highest BCUT2D eigenvalue weighted by Crippen LogP contribution is 2.30. The molecule has 2 aromatic rings. The number of fused-ring (bicyclic) bond motifs is 1. The van der Waals surface area contributed by atoms with E-state index < -0.39 is 22.0 Å². The summed E-state index contributed by atoms with van der Waals surface area (Å²) in [5, 5.41) is 2.91. The molecule has 0 unspecified atom stereocenters. The van der Waals surface area contributed by atoms with Crippen molar-refractivity contribution in [1.29, 1.82) is 0 Å². The van der Waals surface area contributed by atoms with Gasteiger partial charge in [-0.15, -0.1) is 0 Å². The van der Waals surface area contributed by atoms with Gasteiger partial charge in [0.15, 0.2) is 0 Å². The zero-order chi connectivity index (χ0) is 26.5. The van der Waals surface area contributed by atoms with Crippen molar-refractivity contribution in [2.75, 3.05) is 13.7 Å². The Morgan fingerprint density at radius 3 is 2.36 bits per heavy atom. The van der Waals surface area contributed by atoms with Gasteiger partial charge in [0.05, 0.1) is 12.7 Å². The molecule has 1 N–H and O–H groups in total. The van der Waals surface area contributed by atoms with Gasteiger partial charge in [0.25, 0.3) is 15.9 Å². The van der Waals surface area contributed by atoms with Gasteiger partial charge in [0.1, 0.15) is 16.7 Å². The Hall–Kier alpha value is -3.40. The van der Waals surface area contributed by atoms with E-state index in [4.69, 9.17) is 4.74 Å². The molecular weight excluding hydrogens is 482 g/mol. The summed E-state index contributed by atoms with van der Waals surface area (Å²) in [6.45, 7) is 5.60. The van der Waals surface area contributed by atoms with Crippen LogP contribution in [0, 0.1) is 0 Å². The normalized spacial score (nSPS) is 15.7. The Morgan fingerprint density at radius 1 is 1.08 bits per heavy atom. The summed E-state index contributed by atoms with van der Waals surface area (Å²) in [7, 11) is -2.37. The van der Waals surface area contributed by atoms with Crippen molar-refractivity contribution in [2.45, 2.75) is 63.6 Å². The molecule has 0 aliphatic carbocycles. The molecule has 2 atom stereocenters. The summed E-state index contributed by atoms with van der Waals surface area (Å²) in [5.74, 6) is -0.482. The summed E-state index contributed by atoms with van der Waals surface area (Å²) in [6, 6.07) is 12.5. The molecule has 0 spiro atoms. The number of sulfonamides is 1. The van der Waals surface area contributed by atoms with Gasteiger partial charge >= 0.3 is 0 Å². The molecule has 0 saturated heterocycles. The van der Waals surface area contributed by atoms with Gasteiger partial charge in [0, 0.05) is 25.6 Å². The van der Waals surface area contributed by atoms with Crippen LogP contribution in [0.25, 0.3) is 0 Å². The molecule has 1 aliphatic heterocycles. The zero-order valence-electron chi connectivity index (χ0n) is 21.1. The Kier molecular flexibility index (Phi) is 8.73. The van der Waals surface area contributed by atoms with Crippen molar-refractivity contribution in [3.8, 4) is 5.75 Å². The summed E-state index contributed by atoms with van der Waals surface area (Å²) in [6.07, 6.45) is 0.870. The lowest BCUT2D eigenvalue weighted by Gasteiger charge is -2.30. The second kappa shape index (κ2) is 11.6. The van der Waals surface area contributed by atoms with Crippen LogP contribution in [0.4, 0.5) is 0 Å². The van der Waals surface area contributed by atoms with Gasteiger partial charge in [-0.25, -0.2) is 12.7 Å². The molecule has 0 aromatic heterocycles. The van der Waals surface area contributed by atoms with Gasteiger partial charge < -0.3 is 15.0 Å². The number of rotatable bonds is 11. The van der Waals surface area contributed by atoms with Gasteiger partial charge in [-0.3, -0.25) is 14.4 Å². The molecule has 194 valence electrons. The second-order valence-corrected chi connectivity index (χ2v) is 10.7. The van der Waals surface area contributed by atoms with Gasteiger partial charge in [-0.1, -0.05) is 31.2 Å². The highest BCUT2D eigenvalue weighted by Gasteiger charge is 2.40. The summed E-state index contributed by atoms with van der Waals surface area (Å²) in [5.41, 5.74) is 0.959. The second-order valence-electron chi connectivity index (χ2n) is 8.85. The number of nitrogens with one attached hydrogen (secondary N) is 1. The molecule has 9 nitrogen and oxygen atoms in total. The lowest BCUT2D eigenvalue weighted by Crippen LogP contribution is -2.49. The van der Waals surface area contributed by atoms with Crippen LogP contribution in [0.2, 0.25) is 0 Å². The van der Waals surface area contributed by atoms with Crippen molar-refractivity contribution in [3.63, 3.8) is 0 Å². The molecule has 1 aliphatic rings.